The van der Waals surface area contributed by atoms with Crippen LogP contribution in [0.3, 0.4) is 0 Å². The molecule has 2 heteroatoms. The van der Waals surface area contributed by atoms with Gasteiger partial charge in [-0.2, -0.15) is 0 Å². The van der Waals surface area contributed by atoms with E-state index in [1.807, 2.05) is 7.05 Å². The van der Waals surface area contributed by atoms with Gasteiger partial charge >= 0.3 is 0 Å². The third kappa shape index (κ3) is 2.46. The van der Waals surface area contributed by atoms with Gasteiger partial charge < -0.3 is 11.1 Å². The number of hydrogen-bond acceptors (Lipinski definition) is 2. The molecular formula is C11H18N2. The first kappa shape index (κ1) is 10.1. The average molecular weight is 178 g/mol. The van der Waals surface area contributed by atoms with Gasteiger partial charge in [0.05, 0.1) is 0 Å². The number of anilines is 1. The summed E-state index contributed by atoms with van der Waals surface area (Å²) in [5, 5.41) is 3.14. The summed E-state index contributed by atoms with van der Waals surface area (Å²) < 4.78 is 0. The summed E-state index contributed by atoms with van der Waals surface area (Å²) in [6, 6.07) is 4.33. The van der Waals surface area contributed by atoms with Crippen LogP contribution < -0.4 is 11.1 Å². The topological polar surface area (TPSA) is 38.0 Å². The minimum Gasteiger partial charge on any atom is -0.398 e. The van der Waals surface area contributed by atoms with E-state index in [9.17, 15) is 0 Å². The van der Waals surface area contributed by atoms with E-state index in [0.717, 1.165) is 18.7 Å². The fourth-order valence-corrected chi connectivity index (χ4v) is 1.48. The molecule has 1 rings (SSSR count). The van der Waals surface area contributed by atoms with Gasteiger partial charge in [-0.1, -0.05) is 12.1 Å². The van der Waals surface area contributed by atoms with Gasteiger partial charge in [0.25, 0.3) is 0 Å². The molecule has 3 N–H and O–H groups in total. The van der Waals surface area contributed by atoms with Crippen LogP contribution in [0.2, 0.25) is 0 Å². The van der Waals surface area contributed by atoms with E-state index in [2.05, 4.69) is 31.3 Å². The second kappa shape index (κ2) is 4.28. The number of nitrogen functional groups attached to an aromatic ring is 1. The Labute approximate surface area is 80.1 Å². The molecule has 0 fully saturated rings. The smallest absolute Gasteiger partial charge is 0.0373 e. The normalized spacial score (nSPS) is 10.4. The fraction of sp³-hybridized carbons (Fsp3) is 0.455. The quantitative estimate of drug-likeness (QED) is 0.691. The molecule has 0 saturated heterocycles. The highest BCUT2D eigenvalue weighted by atomic mass is 14.8. The number of benzene rings is 1. The van der Waals surface area contributed by atoms with Gasteiger partial charge in [-0.25, -0.2) is 0 Å². The van der Waals surface area contributed by atoms with Gasteiger partial charge in [-0.15, -0.1) is 0 Å². The van der Waals surface area contributed by atoms with Crippen molar-refractivity contribution in [3.8, 4) is 0 Å². The first-order valence-electron chi connectivity index (χ1n) is 4.65. The fourth-order valence-electron chi connectivity index (χ4n) is 1.48. The van der Waals surface area contributed by atoms with Crippen LogP contribution in [-0.2, 0) is 6.42 Å². The summed E-state index contributed by atoms with van der Waals surface area (Å²) in [5.41, 5.74) is 10.5. The molecule has 0 saturated carbocycles. The van der Waals surface area contributed by atoms with Crippen molar-refractivity contribution in [2.45, 2.75) is 20.3 Å². The predicted molar refractivity (Wildman–Crippen MR) is 58.0 cm³/mol. The van der Waals surface area contributed by atoms with Crippen LogP contribution in [0.5, 0.6) is 0 Å². The van der Waals surface area contributed by atoms with Gasteiger partial charge in [-0.3, -0.25) is 0 Å². The van der Waals surface area contributed by atoms with E-state index in [1.54, 1.807) is 0 Å². The number of hydrogen-bond donors (Lipinski definition) is 2. The molecule has 1 aromatic carbocycles. The van der Waals surface area contributed by atoms with Gasteiger partial charge in [-0.05, 0) is 50.6 Å². The monoisotopic (exact) mass is 178 g/mol. The summed E-state index contributed by atoms with van der Waals surface area (Å²) in [5.74, 6) is 0. The van der Waals surface area contributed by atoms with Crippen molar-refractivity contribution < 1.29 is 0 Å². The van der Waals surface area contributed by atoms with Crippen LogP contribution in [0, 0.1) is 13.8 Å². The third-order valence-corrected chi connectivity index (χ3v) is 2.32. The van der Waals surface area contributed by atoms with Crippen LogP contribution in [0.1, 0.15) is 16.7 Å². The Bertz CT molecular complexity index is 269. The molecule has 0 aliphatic heterocycles. The Kier molecular flexibility index (Phi) is 3.32. The first-order valence-corrected chi connectivity index (χ1v) is 4.65. The Morgan fingerprint density at radius 3 is 2.23 bits per heavy atom. The lowest BCUT2D eigenvalue weighted by molar-refractivity contribution is 0.791. The standard InChI is InChI=1S/C11H18N2/c1-8-6-10(4-5-13-3)7-9(2)11(8)12/h6-7,13H,4-5,12H2,1-3H3. The maximum Gasteiger partial charge on any atom is 0.0373 e. The van der Waals surface area contributed by atoms with Crippen molar-refractivity contribution in [3.63, 3.8) is 0 Å². The molecule has 0 heterocycles. The molecular weight excluding hydrogens is 160 g/mol. The molecule has 0 aliphatic carbocycles. The Hall–Kier alpha value is -1.02. The maximum absolute atomic E-state index is 5.86. The number of likely N-dealkylation sites (N-methyl/N-ethyl adjacent to an activating group) is 1. The van der Waals surface area contributed by atoms with Crippen LogP contribution in [0.25, 0.3) is 0 Å². The predicted octanol–water partition coefficient (Wildman–Crippen LogP) is 1.65. The van der Waals surface area contributed by atoms with Crippen molar-refractivity contribution in [3.05, 3.63) is 28.8 Å². The number of aryl methyl sites for hydroxylation is 2. The zero-order valence-corrected chi connectivity index (χ0v) is 8.65. The molecule has 0 amide bonds. The SMILES string of the molecule is CNCCc1cc(C)c(N)c(C)c1. The van der Waals surface area contributed by atoms with Crippen molar-refractivity contribution in [1.29, 1.82) is 0 Å². The van der Waals surface area contributed by atoms with Gasteiger partial charge in [0.2, 0.25) is 0 Å². The third-order valence-electron chi connectivity index (χ3n) is 2.32. The van der Waals surface area contributed by atoms with E-state index >= 15 is 0 Å². The lowest BCUT2D eigenvalue weighted by Gasteiger charge is -2.08. The van der Waals surface area contributed by atoms with Crippen LogP contribution in [-0.4, -0.2) is 13.6 Å². The van der Waals surface area contributed by atoms with E-state index in [-0.39, 0.29) is 0 Å². The highest BCUT2D eigenvalue weighted by molar-refractivity contribution is 5.54. The number of nitrogens with two attached hydrogens (primary N) is 1. The van der Waals surface area contributed by atoms with Crippen LogP contribution >= 0.6 is 0 Å². The first-order chi connectivity index (χ1) is 6.15. The zero-order valence-electron chi connectivity index (χ0n) is 8.65. The Morgan fingerprint density at radius 1 is 1.23 bits per heavy atom. The second-order valence-corrected chi connectivity index (χ2v) is 3.50. The summed E-state index contributed by atoms with van der Waals surface area (Å²) in [6.07, 6.45) is 1.07. The summed E-state index contributed by atoms with van der Waals surface area (Å²) in [6.45, 7) is 5.14. The van der Waals surface area contributed by atoms with E-state index in [1.165, 1.54) is 16.7 Å². The van der Waals surface area contributed by atoms with Crippen molar-refractivity contribution in [2.75, 3.05) is 19.3 Å². The number of rotatable bonds is 3. The van der Waals surface area contributed by atoms with Crippen LogP contribution in [0.15, 0.2) is 12.1 Å². The van der Waals surface area contributed by atoms with Crippen molar-refractivity contribution >= 4 is 5.69 Å². The minimum absolute atomic E-state index is 0.924. The molecule has 2 nitrogen and oxygen atoms in total. The van der Waals surface area contributed by atoms with Gasteiger partial charge in [0.1, 0.15) is 0 Å². The molecule has 0 radical (unpaired) electrons. The van der Waals surface area contributed by atoms with E-state index < -0.39 is 0 Å². The van der Waals surface area contributed by atoms with Crippen molar-refractivity contribution in [1.82, 2.24) is 5.32 Å². The minimum atomic E-state index is 0.924. The average Bonchev–Trinajstić information content (AvgIpc) is 2.10. The molecule has 0 bridgehead atoms. The molecule has 0 atom stereocenters. The highest BCUT2D eigenvalue weighted by Gasteiger charge is 2.00. The molecule has 1 aromatic rings. The highest BCUT2D eigenvalue weighted by Crippen LogP contribution is 2.18. The molecule has 0 aromatic heterocycles. The lowest BCUT2D eigenvalue weighted by atomic mass is 10.0. The Balaban J connectivity index is 2.86. The summed E-state index contributed by atoms with van der Waals surface area (Å²) in [4.78, 5) is 0. The molecule has 0 unspecified atom stereocenters. The largest absolute Gasteiger partial charge is 0.398 e. The van der Waals surface area contributed by atoms with Gasteiger partial charge in [0.15, 0.2) is 0 Å². The zero-order chi connectivity index (χ0) is 9.84. The second-order valence-electron chi connectivity index (χ2n) is 3.50. The number of nitrogens with one attached hydrogen (secondary N) is 1. The van der Waals surface area contributed by atoms with E-state index in [4.69, 9.17) is 5.73 Å². The van der Waals surface area contributed by atoms with E-state index in [0.29, 0.717) is 0 Å². The lowest BCUT2D eigenvalue weighted by Crippen LogP contribution is -2.10. The Morgan fingerprint density at radius 2 is 1.77 bits per heavy atom. The molecule has 13 heavy (non-hydrogen) atoms. The van der Waals surface area contributed by atoms with Gasteiger partial charge in [0, 0.05) is 5.69 Å². The maximum atomic E-state index is 5.86. The molecule has 72 valence electrons. The summed E-state index contributed by atoms with van der Waals surface area (Å²) in [7, 11) is 1.97. The molecule has 0 aliphatic rings. The van der Waals surface area contributed by atoms with Crippen molar-refractivity contribution in [2.24, 2.45) is 0 Å². The van der Waals surface area contributed by atoms with Crippen LogP contribution in [0.4, 0.5) is 5.69 Å². The summed E-state index contributed by atoms with van der Waals surface area (Å²) >= 11 is 0. The molecule has 0 spiro atoms.